The summed E-state index contributed by atoms with van der Waals surface area (Å²) in [5.74, 6) is -6.95. The molecule has 3 nitrogen and oxygen atoms in total. The number of carboxylic acid groups (broad SMARTS) is 1. The van der Waals surface area contributed by atoms with Crippen LogP contribution in [0.25, 0.3) is 0 Å². The maximum Gasteiger partial charge on any atom is 0.377 e. The molecule has 0 aromatic rings. The Morgan fingerprint density at radius 3 is 2.13 bits per heavy atom. The number of hydrogen-bond acceptors (Lipinski definition) is 2. The van der Waals surface area contributed by atoms with E-state index in [2.05, 4.69) is 0 Å². The molecule has 0 saturated heterocycles. The molecule has 0 spiro atoms. The van der Waals surface area contributed by atoms with Gasteiger partial charge in [0.15, 0.2) is 0 Å². The quantitative estimate of drug-likeness (QED) is 0.768. The highest BCUT2D eigenvalue weighted by molar-refractivity contribution is 5.77. The fraction of sp³-hybridized carbons (Fsp3) is 0.900. The Balaban J connectivity index is 2.84. The third kappa shape index (κ3) is 2.12. The van der Waals surface area contributed by atoms with E-state index in [1.165, 1.54) is 0 Å². The maximum atomic E-state index is 13.3. The van der Waals surface area contributed by atoms with E-state index in [4.69, 9.17) is 5.11 Å². The molecule has 1 fully saturated rings. The Morgan fingerprint density at radius 2 is 1.73 bits per heavy atom. The second-order valence-corrected chi connectivity index (χ2v) is 4.36. The Kier molecular flexibility index (Phi) is 3.33. The first kappa shape index (κ1) is 12.4. The minimum atomic E-state index is -4.07. The smallest absolute Gasteiger partial charge is 0.377 e. The van der Waals surface area contributed by atoms with E-state index < -0.39 is 23.4 Å². The summed E-state index contributed by atoms with van der Waals surface area (Å²) < 4.78 is 26.5. The molecule has 0 heterocycles. The van der Waals surface area contributed by atoms with E-state index >= 15 is 0 Å². The number of rotatable bonds is 3. The average Bonchev–Trinajstić information content (AvgIpc) is 2.18. The fourth-order valence-corrected chi connectivity index (χ4v) is 2.14. The molecule has 1 aliphatic rings. The van der Waals surface area contributed by atoms with Gasteiger partial charge in [-0.1, -0.05) is 19.3 Å². The molecule has 88 valence electrons. The van der Waals surface area contributed by atoms with Gasteiger partial charge >= 0.3 is 11.9 Å². The molecular weight excluding hydrogens is 206 g/mol. The molecule has 1 atom stereocenters. The van der Waals surface area contributed by atoms with Crippen LogP contribution in [-0.4, -0.2) is 27.7 Å². The Hall–Kier alpha value is -0.710. The van der Waals surface area contributed by atoms with Crippen LogP contribution in [0.3, 0.4) is 0 Å². The fourth-order valence-electron chi connectivity index (χ4n) is 2.14. The Labute approximate surface area is 87.1 Å². The second-order valence-electron chi connectivity index (χ2n) is 4.36. The van der Waals surface area contributed by atoms with E-state index in [-0.39, 0.29) is 0 Å². The van der Waals surface area contributed by atoms with Crippen molar-refractivity contribution in [3.8, 4) is 0 Å². The van der Waals surface area contributed by atoms with Crippen molar-refractivity contribution in [3.63, 3.8) is 0 Å². The third-order valence-corrected chi connectivity index (χ3v) is 3.30. The highest BCUT2D eigenvalue weighted by atomic mass is 19.3. The SMILES string of the molecule is CC(O)(C1CCCCC1)C(F)(F)C(=O)O. The summed E-state index contributed by atoms with van der Waals surface area (Å²) in [5.41, 5.74) is -2.45. The Morgan fingerprint density at radius 1 is 1.27 bits per heavy atom. The lowest BCUT2D eigenvalue weighted by Crippen LogP contribution is -2.56. The van der Waals surface area contributed by atoms with Crippen molar-refractivity contribution in [2.45, 2.75) is 50.6 Å². The van der Waals surface area contributed by atoms with E-state index in [9.17, 15) is 18.7 Å². The van der Waals surface area contributed by atoms with E-state index in [1.807, 2.05) is 0 Å². The van der Waals surface area contributed by atoms with Gasteiger partial charge in [0.1, 0.15) is 5.60 Å². The molecule has 0 aromatic carbocycles. The van der Waals surface area contributed by atoms with Crippen molar-refractivity contribution in [3.05, 3.63) is 0 Å². The van der Waals surface area contributed by atoms with Gasteiger partial charge < -0.3 is 10.2 Å². The predicted molar refractivity (Wildman–Crippen MR) is 49.8 cm³/mol. The van der Waals surface area contributed by atoms with Crippen LogP contribution >= 0.6 is 0 Å². The summed E-state index contributed by atoms with van der Waals surface area (Å²) in [6.07, 6.45) is 3.45. The lowest BCUT2D eigenvalue weighted by molar-refractivity contribution is -0.220. The molecule has 5 heteroatoms. The summed E-state index contributed by atoms with van der Waals surface area (Å²) in [6, 6.07) is 0. The molecule has 0 amide bonds. The molecule has 1 aliphatic carbocycles. The van der Waals surface area contributed by atoms with Crippen molar-refractivity contribution in [1.29, 1.82) is 0 Å². The lowest BCUT2D eigenvalue weighted by atomic mass is 9.74. The summed E-state index contributed by atoms with van der Waals surface area (Å²) in [4.78, 5) is 10.4. The minimum Gasteiger partial charge on any atom is -0.477 e. The highest BCUT2D eigenvalue weighted by Crippen LogP contribution is 2.41. The average molecular weight is 222 g/mol. The molecule has 0 bridgehead atoms. The van der Waals surface area contributed by atoms with Crippen LogP contribution in [-0.2, 0) is 4.79 Å². The van der Waals surface area contributed by atoms with Gasteiger partial charge in [-0.25, -0.2) is 4.79 Å². The molecule has 1 unspecified atom stereocenters. The molecule has 0 aliphatic heterocycles. The third-order valence-electron chi connectivity index (χ3n) is 3.30. The maximum absolute atomic E-state index is 13.3. The highest BCUT2D eigenvalue weighted by Gasteiger charge is 2.59. The minimum absolute atomic E-state index is 0.468. The molecule has 0 aromatic heterocycles. The van der Waals surface area contributed by atoms with E-state index in [1.54, 1.807) is 0 Å². The standard InChI is InChI=1S/C10H16F2O3/c1-9(15,10(11,12)8(13)14)7-5-3-2-4-6-7/h7,15H,2-6H2,1H3,(H,13,14). The van der Waals surface area contributed by atoms with Gasteiger partial charge in [0, 0.05) is 0 Å². The van der Waals surface area contributed by atoms with Crippen LogP contribution in [0.1, 0.15) is 39.0 Å². The normalized spacial score (nSPS) is 23.5. The van der Waals surface area contributed by atoms with Crippen molar-refractivity contribution >= 4 is 5.97 Å². The van der Waals surface area contributed by atoms with Crippen LogP contribution in [0.15, 0.2) is 0 Å². The monoisotopic (exact) mass is 222 g/mol. The van der Waals surface area contributed by atoms with E-state index in [0.717, 1.165) is 26.2 Å². The van der Waals surface area contributed by atoms with Crippen LogP contribution in [0.5, 0.6) is 0 Å². The largest absolute Gasteiger partial charge is 0.477 e. The zero-order chi connectivity index (χ0) is 11.7. The van der Waals surface area contributed by atoms with Crippen LogP contribution in [0.4, 0.5) is 8.78 Å². The lowest BCUT2D eigenvalue weighted by Gasteiger charge is -2.38. The second kappa shape index (κ2) is 4.04. The summed E-state index contributed by atoms with van der Waals surface area (Å²) in [6.45, 7) is 0.928. The summed E-state index contributed by atoms with van der Waals surface area (Å²) in [5, 5.41) is 18.1. The summed E-state index contributed by atoms with van der Waals surface area (Å²) in [7, 11) is 0. The summed E-state index contributed by atoms with van der Waals surface area (Å²) >= 11 is 0. The van der Waals surface area contributed by atoms with Gasteiger partial charge in [-0.3, -0.25) is 0 Å². The number of alkyl halides is 2. The van der Waals surface area contributed by atoms with Crippen LogP contribution in [0.2, 0.25) is 0 Å². The molecule has 1 rings (SSSR count). The van der Waals surface area contributed by atoms with Crippen LogP contribution in [0, 0.1) is 5.92 Å². The first-order chi connectivity index (χ1) is 6.80. The molecule has 2 N–H and O–H groups in total. The van der Waals surface area contributed by atoms with Crippen molar-refractivity contribution < 1.29 is 23.8 Å². The number of aliphatic hydroxyl groups is 1. The zero-order valence-electron chi connectivity index (χ0n) is 8.67. The van der Waals surface area contributed by atoms with Crippen molar-refractivity contribution in [2.24, 2.45) is 5.92 Å². The first-order valence-corrected chi connectivity index (χ1v) is 5.13. The molecule has 1 saturated carbocycles. The van der Waals surface area contributed by atoms with E-state index in [0.29, 0.717) is 12.8 Å². The number of hydrogen-bond donors (Lipinski definition) is 2. The van der Waals surface area contributed by atoms with Crippen LogP contribution < -0.4 is 0 Å². The predicted octanol–water partition coefficient (Wildman–Crippen LogP) is 2.04. The zero-order valence-corrected chi connectivity index (χ0v) is 8.67. The van der Waals surface area contributed by atoms with Gasteiger partial charge in [0.05, 0.1) is 0 Å². The van der Waals surface area contributed by atoms with Crippen molar-refractivity contribution in [2.75, 3.05) is 0 Å². The Bertz CT molecular complexity index is 245. The topological polar surface area (TPSA) is 57.5 Å². The first-order valence-electron chi connectivity index (χ1n) is 5.13. The number of aliphatic carboxylic acids is 1. The van der Waals surface area contributed by atoms with Gasteiger partial charge in [-0.15, -0.1) is 0 Å². The van der Waals surface area contributed by atoms with Crippen molar-refractivity contribution in [1.82, 2.24) is 0 Å². The van der Waals surface area contributed by atoms with Gasteiger partial charge in [0.25, 0.3) is 0 Å². The number of carboxylic acids is 1. The molecular formula is C10H16F2O3. The molecule has 15 heavy (non-hydrogen) atoms. The number of carbonyl (C=O) groups is 1. The van der Waals surface area contributed by atoms with Gasteiger partial charge in [-0.2, -0.15) is 8.78 Å². The van der Waals surface area contributed by atoms with Gasteiger partial charge in [-0.05, 0) is 25.7 Å². The van der Waals surface area contributed by atoms with Gasteiger partial charge in [0.2, 0.25) is 0 Å². The molecule has 0 radical (unpaired) electrons. The number of halogens is 2.